The molecule has 1 saturated carbocycles. The molecule has 0 atom stereocenters. The molecule has 0 unspecified atom stereocenters. The molecule has 6 nitrogen and oxygen atoms in total. The number of imidazole rings is 1. The number of carbonyl (C=O) groups is 1. The molecule has 2 aromatic heterocycles. The lowest BCUT2D eigenvalue weighted by molar-refractivity contribution is -0.115. The third-order valence-corrected chi connectivity index (χ3v) is 5.46. The number of hydrogen-bond acceptors (Lipinski definition) is 3. The first-order chi connectivity index (χ1) is 12.3. The van der Waals surface area contributed by atoms with Gasteiger partial charge in [-0.1, -0.05) is 25.7 Å². The maximum atomic E-state index is 12.3. The SMILES string of the molecule is O=C(Cc1cn2c(n1)CCCC2)Nc1cc(C2CCCCCC2)[nH]n1. The van der Waals surface area contributed by atoms with E-state index in [1.54, 1.807) is 0 Å². The molecule has 1 amide bonds. The van der Waals surface area contributed by atoms with Crippen molar-refractivity contribution in [2.24, 2.45) is 0 Å². The van der Waals surface area contributed by atoms with E-state index in [0.717, 1.165) is 30.2 Å². The Kier molecular flexibility index (Phi) is 4.85. The van der Waals surface area contributed by atoms with Gasteiger partial charge >= 0.3 is 0 Å². The first-order valence-electron chi connectivity index (χ1n) is 9.68. The summed E-state index contributed by atoms with van der Waals surface area (Å²) in [6.45, 7) is 1.02. The zero-order valence-electron chi connectivity index (χ0n) is 14.8. The van der Waals surface area contributed by atoms with Crippen LogP contribution in [0, 0.1) is 0 Å². The van der Waals surface area contributed by atoms with Crippen LogP contribution in [0.1, 0.15) is 74.5 Å². The summed E-state index contributed by atoms with van der Waals surface area (Å²) in [4.78, 5) is 16.9. The van der Waals surface area contributed by atoms with Gasteiger partial charge in [-0.3, -0.25) is 9.89 Å². The highest BCUT2D eigenvalue weighted by Gasteiger charge is 2.18. The Labute approximate surface area is 148 Å². The largest absolute Gasteiger partial charge is 0.335 e. The first kappa shape index (κ1) is 16.4. The number of nitrogens with zero attached hydrogens (tertiary/aromatic N) is 3. The first-order valence-corrected chi connectivity index (χ1v) is 9.68. The fourth-order valence-electron chi connectivity index (χ4n) is 4.11. The third-order valence-electron chi connectivity index (χ3n) is 5.46. The standard InChI is InChI=1S/C19H27N5O/c25-19(11-15-13-24-10-6-5-9-18(24)20-15)21-17-12-16(22-23-17)14-7-3-1-2-4-8-14/h12-14H,1-11H2,(H2,21,22,23,25). The molecule has 0 radical (unpaired) electrons. The average molecular weight is 341 g/mol. The number of anilines is 1. The van der Waals surface area contributed by atoms with Crippen LogP contribution in [0.15, 0.2) is 12.3 Å². The Hall–Kier alpha value is -2.11. The van der Waals surface area contributed by atoms with Crippen LogP contribution in [-0.2, 0) is 24.2 Å². The van der Waals surface area contributed by atoms with Crippen molar-refractivity contribution < 1.29 is 4.79 Å². The number of aryl methyl sites for hydroxylation is 2. The molecular weight excluding hydrogens is 314 g/mol. The van der Waals surface area contributed by atoms with Crippen LogP contribution in [-0.4, -0.2) is 25.7 Å². The van der Waals surface area contributed by atoms with Crippen molar-refractivity contribution in [1.82, 2.24) is 19.7 Å². The molecular formula is C19H27N5O. The quantitative estimate of drug-likeness (QED) is 0.835. The maximum Gasteiger partial charge on any atom is 0.231 e. The van der Waals surface area contributed by atoms with Crippen LogP contribution in [0.5, 0.6) is 0 Å². The lowest BCUT2D eigenvalue weighted by atomic mass is 9.97. The van der Waals surface area contributed by atoms with Gasteiger partial charge < -0.3 is 9.88 Å². The van der Waals surface area contributed by atoms with Gasteiger partial charge in [0.15, 0.2) is 5.82 Å². The fraction of sp³-hybridized carbons (Fsp3) is 0.632. The Balaban J connectivity index is 1.35. The molecule has 1 aliphatic heterocycles. The van der Waals surface area contributed by atoms with E-state index in [1.165, 1.54) is 51.4 Å². The number of hydrogen-bond donors (Lipinski definition) is 2. The van der Waals surface area contributed by atoms with Gasteiger partial charge in [-0.05, 0) is 25.7 Å². The van der Waals surface area contributed by atoms with Crippen LogP contribution < -0.4 is 5.32 Å². The van der Waals surface area contributed by atoms with Gasteiger partial charge in [0.1, 0.15) is 5.82 Å². The third kappa shape index (κ3) is 3.94. The minimum atomic E-state index is -0.0469. The number of amides is 1. The number of fused-ring (bicyclic) bond motifs is 1. The van der Waals surface area contributed by atoms with Gasteiger partial charge in [-0.15, -0.1) is 0 Å². The normalized spacial score (nSPS) is 18.6. The van der Waals surface area contributed by atoms with Crippen LogP contribution >= 0.6 is 0 Å². The van der Waals surface area contributed by atoms with E-state index in [1.807, 2.05) is 12.3 Å². The van der Waals surface area contributed by atoms with Gasteiger partial charge in [0.25, 0.3) is 0 Å². The molecule has 2 aliphatic rings. The number of aromatic amines is 1. The Morgan fingerprint density at radius 2 is 2.04 bits per heavy atom. The summed E-state index contributed by atoms with van der Waals surface area (Å²) in [5.41, 5.74) is 2.02. The van der Waals surface area contributed by atoms with Gasteiger partial charge in [-0.2, -0.15) is 5.10 Å². The van der Waals surface area contributed by atoms with E-state index in [0.29, 0.717) is 18.2 Å². The monoisotopic (exact) mass is 341 g/mol. The zero-order chi connectivity index (χ0) is 17.1. The molecule has 0 spiro atoms. The highest BCUT2D eigenvalue weighted by atomic mass is 16.1. The Morgan fingerprint density at radius 3 is 2.84 bits per heavy atom. The van der Waals surface area contributed by atoms with E-state index in [9.17, 15) is 4.79 Å². The summed E-state index contributed by atoms with van der Waals surface area (Å²) in [5.74, 6) is 2.26. The smallest absolute Gasteiger partial charge is 0.231 e. The average Bonchev–Trinajstić information content (AvgIpc) is 3.13. The van der Waals surface area contributed by atoms with Gasteiger partial charge in [0, 0.05) is 36.8 Å². The van der Waals surface area contributed by atoms with Crippen LogP contribution in [0.3, 0.4) is 0 Å². The van der Waals surface area contributed by atoms with Crippen LogP contribution in [0.25, 0.3) is 0 Å². The number of carbonyl (C=O) groups excluding carboxylic acids is 1. The lowest BCUT2D eigenvalue weighted by Crippen LogP contribution is -2.14. The highest BCUT2D eigenvalue weighted by Crippen LogP contribution is 2.31. The molecule has 2 aromatic rings. The number of aromatic nitrogens is 4. The van der Waals surface area contributed by atoms with Gasteiger partial charge in [-0.25, -0.2) is 4.98 Å². The second kappa shape index (κ2) is 7.42. The molecule has 0 aromatic carbocycles. The molecule has 0 bridgehead atoms. The molecule has 2 N–H and O–H groups in total. The van der Waals surface area contributed by atoms with Gasteiger partial charge in [0.2, 0.25) is 5.91 Å². The predicted molar refractivity (Wildman–Crippen MR) is 96.5 cm³/mol. The fourth-order valence-corrected chi connectivity index (χ4v) is 4.11. The summed E-state index contributed by atoms with van der Waals surface area (Å²) in [5, 5.41) is 10.3. The summed E-state index contributed by atoms with van der Waals surface area (Å²) < 4.78 is 2.19. The number of rotatable bonds is 4. The molecule has 25 heavy (non-hydrogen) atoms. The van der Waals surface area contributed by atoms with Crippen LogP contribution in [0.2, 0.25) is 0 Å². The topological polar surface area (TPSA) is 75.6 Å². The second-order valence-electron chi connectivity index (χ2n) is 7.42. The molecule has 1 aliphatic carbocycles. The summed E-state index contributed by atoms with van der Waals surface area (Å²) in [6, 6.07) is 2.01. The zero-order valence-corrected chi connectivity index (χ0v) is 14.8. The van der Waals surface area contributed by atoms with E-state index < -0.39 is 0 Å². The van der Waals surface area contributed by atoms with E-state index in [4.69, 9.17) is 0 Å². The second-order valence-corrected chi connectivity index (χ2v) is 7.42. The minimum Gasteiger partial charge on any atom is -0.335 e. The van der Waals surface area contributed by atoms with Crippen molar-refractivity contribution in [3.63, 3.8) is 0 Å². The summed E-state index contributed by atoms with van der Waals surface area (Å²) >= 11 is 0. The van der Waals surface area contributed by atoms with E-state index in [2.05, 4.69) is 25.1 Å². The molecule has 134 valence electrons. The summed E-state index contributed by atoms with van der Waals surface area (Å²) in [6.07, 6.45) is 13.4. The van der Waals surface area contributed by atoms with Crippen molar-refractivity contribution >= 4 is 11.7 Å². The van der Waals surface area contributed by atoms with E-state index in [-0.39, 0.29) is 5.91 Å². The molecule has 4 rings (SSSR count). The van der Waals surface area contributed by atoms with Crippen molar-refractivity contribution in [1.29, 1.82) is 0 Å². The van der Waals surface area contributed by atoms with Crippen LogP contribution in [0.4, 0.5) is 5.82 Å². The molecule has 3 heterocycles. The highest BCUT2D eigenvalue weighted by molar-refractivity contribution is 5.91. The lowest BCUT2D eigenvalue weighted by Gasteiger charge is -2.11. The number of nitrogens with one attached hydrogen (secondary N) is 2. The van der Waals surface area contributed by atoms with Crippen molar-refractivity contribution in [3.05, 3.63) is 29.5 Å². The van der Waals surface area contributed by atoms with Crippen molar-refractivity contribution in [2.75, 3.05) is 5.32 Å². The predicted octanol–water partition coefficient (Wildman–Crippen LogP) is 3.56. The summed E-state index contributed by atoms with van der Waals surface area (Å²) in [7, 11) is 0. The molecule has 1 fully saturated rings. The van der Waals surface area contributed by atoms with Crippen molar-refractivity contribution in [3.8, 4) is 0 Å². The number of H-pyrrole nitrogens is 1. The maximum absolute atomic E-state index is 12.3. The van der Waals surface area contributed by atoms with Gasteiger partial charge in [0.05, 0.1) is 12.1 Å². The molecule has 0 saturated heterocycles. The van der Waals surface area contributed by atoms with Crippen molar-refractivity contribution in [2.45, 2.75) is 76.7 Å². The van der Waals surface area contributed by atoms with E-state index >= 15 is 0 Å². The Morgan fingerprint density at radius 1 is 1.20 bits per heavy atom. The minimum absolute atomic E-state index is 0.0469. The Bertz CT molecular complexity index is 701. The molecule has 6 heteroatoms.